The highest BCUT2D eigenvalue weighted by Gasteiger charge is 2.20. The highest BCUT2D eigenvalue weighted by Crippen LogP contribution is 2.26. The standard InChI is InChI=1S/C16H17NO5S.C13H24O2/c1-3-23(20,21)16-9-6-14(17(18)19)11-13(16)10-12-4-7-15(22-2)8-5-12;1-6-9-10-13(14-11(4)7-2)15-12(5)8-3/h4-9,11H,3,10H2,1-2H3;7-8,11-13H,2-3,6,9-10H2,1,4-5H3. The van der Waals surface area contributed by atoms with Crippen molar-refractivity contribution < 1.29 is 27.6 Å². The summed E-state index contributed by atoms with van der Waals surface area (Å²) in [4.78, 5) is 10.6. The first kappa shape index (κ1) is 33.0. The molecule has 2 unspecified atom stereocenters. The number of ether oxygens (including phenoxy) is 3. The highest BCUT2D eigenvalue weighted by molar-refractivity contribution is 7.91. The molecule has 0 N–H and O–H groups in total. The van der Waals surface area contributed by atoms with E-state index < -0.39 is 14.8 Å². The van der Waals surface area contributed by atoms with Crippen LogP contribution in [0, 0.1) is 10.1 Å². The van der Waals surface area contributed by atoms with E-state index in [0.29, 0.717) is 17.7 Å². The predicted octanol–water partition coefficient (Wildman–Crippen LogP) is 6.67. The predicted molar refractivity (Wildman–Crippen MR) is 151 cm³/mol. The van der Waals surface area contributed by atoms with Crippen molar-refractivity contribution in [3.05, 3.63) is 89.0 Å². The van der Waals surface area contributed by atoms with E-state index in [1.165, 1.54) is 18.2 Å². The molecule has 0 saturated carbocycles. The van der Waals surface area contributed by atoms with E-state index in [-0.39, 0.29) is 34.8 Å². The van der Waals surface area contributed by atoms with Crippen LogP contribution < -0.4 is 4.74 Å². The molecule has 38 heavy (non-hydrogen) atoms. The summed E-state index contributed by atoms with van der Waals surface area (Å²) in [6, 6.07) is 11.0. The molecule has 2 rings (SSSR count). The van der Waals surface area contributed by atoms with Crippen LogP contribution in [0.15, 0.2) is 72.7 Å². The summed E-state index contributed by atoms with van der Waals surface area (Å²) in [6.07, 6.45) is 6.94. The van der Waals surface area contributed by atoms with Gasteiger partial charge in [-0.15, -0.1) is 13.2 Å². The molecule has 8 nitrogen and oxygen atoms in total. The molecule has 0 saturated heterocycles. The van der Waals surface area contributed by atoms with Gasteiger partial charge in [-0.1, -0.05) is 44.6 Å². The van der Waals surface area contributed by atoms with Crippen molar-refractivity contribution >= 4 is 15.5 Å². The molecule has 0 bridgehead atoms. The van der Waals surface area contributed by atoms with Crippen LogP contribution in [-0.4, -0.2) is 44.7 Å². The molecule has 0 spiro atoms. The van der Waals surface area contributed by atoms with E-state index >= 15 is 0 Å². The van der Waals surface area contributed by atoms with Gasteiger partial charge in [0.15, 0.2) is 16.1 Å². The van der Waals surface area contributed by atoms with Gasteiger partial charge < -0.3 is 14.2 Å². The number of benzene rings is 2. The zero-order chi connectivity index (χ0) is 28.7. The zero-order valence-electron chi connectivity index (χ0n) is 23.1. The molecule has 0 fully saturated rings. The van der Waals surface area contributed by atoms with E-state index in [1.807, 2.05) is 13.8 Å². The third-order valence-electron chi connectivity index (χ3n) is 5.71. The smallest absolute Gasteiger partial charge is 0.269 e. The normalized spacial score (nSPS) is 13.4. The maximum absolute atomic E-state index is 12.2. The highest BCUT2D eigenvalue weighted by atomic mass is 32.2. The van der Waals surface area contributed by atoms with Crippen molar-refractivity contribution in [3.8, 4) is 5.75 Å². The van der Waals surface area contributed by atoms with Crippen LogP contribution in [0.4, 0.5) is 5.69 Å². The molecule has 0 aromatic heterocycles. The minimum atomic E-state index is -3.45. The van der Waals surface area contributed by atoms with Crippen LogP contribution >= 0.6 is 0 Å². The number of hydrogen-bond acceptors (Lipinski definition) is 7. The number of nitro benzene ring substituents is 1. The Hall–Kier alpha value is -3.01. The van der Waals surface area contributed by atoms with Crippen molar-refractivity contribution in [1.82, 2.24) is 0 Å². The lowest BCUT2D eigenvalue weighted by Gasteiger charge is -2.23. The Morgan fingerprint density at radius 1 is 1.00 bits per heavy atom. The molecule has 0 aliphatic carbocycles. The topological polar surface area (TPSA) is 105 Å². The summed E-state index contributed by atoms with van der Waals surface area (Å²) in [5, 5.41) is 11.0. The molecule has 0 amide bonds. The molecule has 2 aromatic carbocycles. The number of unbranched alkanes of at least 4 members (excludes halogenated alkanes) is 1. The fourth-order valence-electron chi connectivity index (χ4n) is 3.37. The van der Waals surface area contributed by atoms with Crippen molar-refractivity contribution in [2.75, 3.05) is 12.9 Å². The second-order valence-electron chi connectivity index (χ2n) is 8.70. The minimum Gasteiger partial charge on any atom is -0.497 e. The first-order valence-corrected chi connectivity index (χ1v) is 14.3. The average Bonchev–Trinajstić information content (AvgIpc) is 2.92. The minimum absolute atomic E-state index is 0.0314. The molecule has 2 atom stereocenters. The van der Waals surface area contributed by atoms with Gasteiger partial charge in [0.05, 0.1) is 34.9 Å². The molecule has 9 heteroatoms. The van der Waals surface area contributed by atoms with E-state index in [1.54, 1.807) is 50.5 Å². The molecule has 0 aliphatic rings. The number of methoxy groups -OCH3 is 1. The van der Waals surface area contributed by atoms with E-state index in [9.17, 15) is 18.5 Å². The summed E-state index contributed by atoms with van der Waals surface area (Å²) < 4.78 is 40.9. The Kier molecular flexibility index (Phi) is 14.6. The van der Waals surface area contributed by atoms with Crippen LogP contribution in [0.5, 0.6) is 5.75 Å². The van der Waals surface area contributed by atoms with Crippen molar-refractivity contribution in [2.45, 2.75) is 76.8 Å². The lowest BCUT2D eigenvalue weighted by Crippen LogP contribution is -2.25. The molecular formula is C29H41NO7S. The van der Waals surface area contributed by atoms with Crippen LogP contribution in [0.25, 0.3) is 0 Å². The van der Waals surface area contributed by atoms with Crippen molar-refractivity contribution in [2.24, 2.45) is 0 Å². The Labute approximate surface area is 227 Å². The summed E-state index contributed by atoms with van der Waals surface area (Å²) in [6.45, 7) is 15.0. The van der Waals surface area contributed by atoms with E-state index in [2.05, 4.69) is 20.1 Å². The summed E-state index contributed by atoms with van der Waals surface area (Å²) >= 11 is 0. The summed E-state index contributed by atoms with van der Waals surface area (Å²) in [5.41, 5.74) is 1.15. The second-order valence-corrected chi connectivity index (χ2v) is 10.9. The van der Waals surface area contributed by atoms with Gasteiger partial charge >= 0.3 is 0 Å². The van der Waals surface area contributed by atoms with Gasteiger partial charge in [0.2, 0.25) is 0 Å². The average molecular weight is 548 g/mol. The molecule has 0 aliphatic heterocycles. The van der Waals surface area contributed by atoms with Crippen LogP contribution in [0.3, 0.4) is 0 Å². The van der Waals surface area contributed by atoms with Crippen LogP contribution in [0.2, 0.25) is 0 Å². The number of sulfone groups is 1. The first-order chi connectivity index (χ1) is 18.0. The zero-order valence-corrected chi connectivity index (χ0v) is 23.9. The van der Waals surface area contributed by atoms with Gasteiger partial charge in [-0.05, 0) is 62.4 Å². The summed E-state index contributed by atoms with van der Waals surface area (Å²) in [7, 11) is -1.89. The van der Waals surface area contributed by atoms with Gasteiger partial charge in [0.25, 0.3) is 5.69 Å². The Morgan fingerprint density at radius 3 is 2.03 bits per heavy atom. The number of rotatable bonds is 15. The fraction of sp³-hybridized carbons (Fsp3) is 0.448. The lowest BCUT2D eigenvalue weighted by atomic mass is 10.0. The molecule has 2 aromatic rings. The molecule has 0 heterocycles. The quantitative estimate of drug-likeness (QED) is 0.106. The Balaban J connectivity index is 0.000000420. The maximum Gasteiger partial charge on any atom is 0.269 e. The van der Waals surface area contributed by atoms with Crippen molar-refractivity contribution in [1.29, 1.82) is 0 Å². The lowest BCUT2D eigenvalue weighted by molar-refractivity contribution is -0.385. The van der Waals surface area contributed by atoms with E-state index in [0.717, 1.165) is 24.8 Å². The summed E-state index contributed by atoms with van der Waals surface area (Å²) in [5.74, 6) is 0.634. The largest absolute Gasteiger partial charge is 0.497 e. The monoisotopic (exact) mass is 547 g/mol. The van der Waals surface area contributed by atoms with Crippen LogP contribution in [-0.2, 0) is 25.7 Å². The Bertz CT molecular complexity index is 1110. The fourth-order valence-corrected chi connectivity index (χ4v) is 4.49. The number of hydrogen-bond donors (Lipinski definition) is 0. The van der Waals surface area contributed by atoms with Crippen LogP contribution in [0.1, 0.15) is 58.1 Å². The molecule has 0 radical (unpaired) electrons. The SMILES string of the molecule is C=CC(C)OC(CCCC)OC(C)C=C.CCS(=O)(=O)c1ccc([N+](=O)[O-])cc1Cc1ccc(OC)cc1. The van der Waals surface area contributed by atoms with Gasteiger partial charge in [-0.3, -0.25) is 10.1 Å². The van der Waals surface area contributed by atoms with Gasteiger partial charge in [-0.25, -0.2) is 8.42 Å². The number of nitrogens with zero attached hydrogens (tertiary/aromatic N) is 1. The number of non-ortho nitro benzene ring substituents is 1. The third-order valence-corrected chi connectivity index (χ3v) is 7.54. The first-order valence-electron chi connectivity index (χ1n) is 12.7. The number of nitro groups is 1. The molecule has 210 valence electrons. The second kappa shape index (κ2) is 16.8. The van der Waals surface area contributed by atoms with E-state index in [4.69, 9.17) is 14.2 Å². The van der Waals surface area contributed by atoms with Gasteiger partial charge in [0.1, 0.15) is 5.75 Å². The maximum atomic E-state index is 12.2. The van der Waals surface area contributed by atoms with Crippen molar-refractivity contribution in [3.63, 3.8) is 0 Å². The third kappa shape index (κ3) is 11.2. The van der Waals surface area contributed by atoms with Gasteiger partial charge in [-0.2, -0.15) is 0 Å². The van der Waals surface area contributed by atoms with Gasteiger partial charge in [0, 0.05) is 12.1 Å². The Morgan fingerprint density at radius 2 is 1.58 bits per heavy atom. The molecular weight excluding hydrogens is 506 g/mol.